The van der Waals surface area contributed by atoms with Gasteiger partial charge in [0.2, 0.25) is 5.95 Å². The van der Waals surface area contributed by atoms with Gasteiger partial charge in [-0.2, -0.15) is 0 Å². The third-order valence-electron chi connectivity index (χ3n) is 2.68. The third kappa shape index (κ3) is 2.43. The van der Waals surface area contributed by atoms with Gasteiger partial charge >= 0.3 is 0 Å². The van der Waals surface area contributed by atoms with Crippen molar-refractivity contribution in [2.75, 3.05) is 5.73 Å². The van der Waals surface area contributed by atoms with Crippen LogP contribution in [-0.4, -0.2) is 9.97 Å². The Morgan fingerprint density at radius 1 is 1.28 bits per heavy atom. The van der Waals surface area contributed by atoms with Gasteiger partial charge < -0.3 is 5.73 Å². The first-order valence-electron chi connectivity index (χ1n) is 5.60. The topological polar surface area (TPSA) is 51.8 Å². The van der Waals surface area contributed by atoms with Gasteiger partial charge in [-0.25, -0.2) is 14.4 Å². The van der Waals surface area contributed by atoms with E-state index in [2.05, 4.69) is 9.97 Å². The molecule has 0 radical (unpaired) electrons. The molecule has 0 aliphatic carbocycles. The lowest BCUT2D eigenvalue weighted by atomic mass is 10.1. The summed E-state index contributed by atoms with van der Waals surface area (Å²) in [5.41, 5.74) is 7.87. The Morgan fingerprint density at radius 2 is 2.00 bits per heavy atom. The van der Waals surface area contributed by atoms with Crippen molar-refractivity contribution in [3.05, 3.63) is 40.3 Å². The summed E-state index contributed by atoms with van der Waals surface area (Å²) in [5.74, 6) is -0.225. The summed E-state index contributed by atoms with van der Waals surface area (Å²) < 4.78 is 13.9. The van der Waals surface area contributed by atoms with E-state index in [4.69, 9.17) is 17.3 Å². The van der Waals surface area contributed by atoms with E-state index in [0.29, 0.717) is 28.3 Å². The number of nitrogens with two attached hydrogens (primary N) is 1. The highest BCUT2D eigenvalue weighted by Gasteiger charge is 2.11. The van der Waals surface area contributed by atoms with E-state index in [9.17, 15) is 4.39 Å². The quantitative estimate of drug-likeness (QED) is 0.906. The summed E-state index contributed by atoms with van der Waals surface area (Å²) in [7, 11) is 0. The standard InChI is InChI=1S/C13H13ClFN3/c1-3-8-5-12(18-13(16)17-8)9-6-10(14)7(2)4-11(9)15/h4-6H,3H2,1-2H3,(H2,16,17,18). The number of aryl methyl sites for hydroxylation is 2. The number of hydrogen-bond acceptors (Lipinski definition) is 3. The smallest absolute Gasteiger partial charge is 0.220 e. The Hall–Kier alpha value is -1.68. The second-order valence-electron chi connectivity index (χ2n) is 4.04. The monoisotopic (exact) mass is 265 g/mol. The fourth-order valence-corrected chi connectivity index (χ4v) is 1.84. The molecule has 1 aromatic heterocycles. The first kappa shape index (κ1) is 12.8. The summed E-state index contributed by atoms with van der Waals surface area (Å²) in [4.78, 5) is 8.11. The molecule has 1 aromatic carbocycles. The maximum atomic E-state index is 13.9. The summed E-state index contributed by atoms with van der Waals surface area (Å²) >= 11 is 6.01. The van der Waals surface area contributed by atoms with E-state index in [1.165, 1.54) is 6.07 Å². The molecule has 0 atom stereocenters. The van der Waals surface area contributed by atoms with Crippen LogP contribution in [0.5, 0.6) is 0 Å². The van der Waals surface area contributed by atoms with Crippen LogP contribution in [0.4, 0.5) is 10.3 Å². The Morgan fingerprint density at radius 3 is 2.67 bits per heavy atom. The lowest BCUT2D eigenvalue weighted by Crippen LogP contribution is -2.01. The number of hydrogen-bond donors (Lipinski definition) is 1. The van der Waals surface area contributed by atoms with Gasteiger partial charge in [0.15, 0.2) is 0 Å². The van der Waals surface area contributed by atoms with E-state index >= 15 is 0 Å². The molecule has 0 saturated heterocycles. The largest absolute Gasteiger partial charge is 0.368 e. The van der Waals surface area contributed by atoms with Crippen molar-refractivity contribution < 1.29 is 4.39 Å². The summed E-state index contributed by atoms with van der Waals surface area (Å²) in [5, 5.41) is 0.502. The van der Waals surface area contributed by atoms with Crippen molar-refractivity contribution in [1.82, 2.24) is 9.97 Å². The highest BCUT2D eigenvalue weighted by Crippen LogP contribution is 2.28. The molecule has 2 N–H and O–H groups in total. The SMILES string of the molecule is CCc1cc(-c2cc(Cl)c(C)cc2F)nc(N)n1. The molecule has 1 heterocycles. The fourth-order valence-electron chi connectivity index (χ4n) is 1.68. The van der Waals surface area contributed by atoms with Crippen LogP contribution < -0.4 is 5.73 Å². The molecule has 0 aliphatic rings. The normalized spacial score (nSPS) is 10.7. The minimum absolute atomic E-state index is 0.139. The molecule has 5 heteroatoms. The van der Waals surface area contributed by atoms with Gasteiger partial charge in [-0.15, -0.1) is 0 Å². The first-order chi connectivity index (χ1) is 8.51. The molecular weight excluding hydrogens is 253 g/mol. The van der Waals surface area contributed by atoms with E-state index in [1.807, 2.05) is 6.92 Å². The van der Waals surface area contributed by atoms with Crippen molar-refractivity contribution in [3.63, 3.8) is 0 Å². The van der Waals surface area contributed by atoms with Crippen molar-refractivity contribution in [2.45, 2.75) is 20.3 Å². The molecule has 0 saturated carbocycles. The van der Waals surface area contributed by atoms with Crippen LogP contribution in [0, 0.1) is 12.7 Å². The van der Waals surface area contributed by atoms with Crippen molar-refractivity contribution in [1.29, 1.82) is 0 Å². The molecule has 3 nitrogen and oxygen atoms in total. The highest BCUT2D eigenvalue weighted by molar-refractivity contribution is 6.31. The maximum Gasteiger partial charge on any atom is 0.220 e. The van der Waals surface area contributed by atoms with Gasteiger partial charge in [-0.1, -0.05) is 18.5 Å². The maximum absolute atomic E-state index is 13.9. The summed E-state index contributed by atoms with van der Waals surface area (Å²) in [6.07, 6.45) is 0.709. The lowest BCUT2D eigenvalue weighted by Gasteiger charge is -2.08. The van der Waals surface area contributed by atoms with Crippen molar-refractivity contribution in [2.24, 2.45) is 0 Å². The molecule has 0 aliphatic heterocycles. The van der Waals surface area contributed by atoms with Gasteiger partial charge in [0.25, 0.3) is 0 Å². The van der Waals surface area contributed by atoms with Crippen LogP contribution in [0.25, 0.3) is 11.3 Å². The number of anilines is 1. The second-order valence-corrected chi connectivity index (χ2v) is 4.44. The molecule has 0 bridgehead atoms. The predicted molar refractivity (Wildman–Crippen MR) is 71.0 cm³/mol. The highest BCUT2D eigenvalue weighted by atomic mass is 35.5. The molecular formula is C13H13ClFN3. The van der Waals surface area contributed by atoms with Gasteiger partial charge in [-0.05, 0) is 37.1 Å². The molecule has 2 rings (SSSR count). The van der Waals surface area contributed by atoms with E-state index in [-0.39, 0.29) is 11.8 Å². The molecule has 0 amide bonds. The molecule has 0 unspecified atom stereocenters. The Kier molecular flexibility index (Phi) is 3.48. The number of rotatable bonds is 2. The number of nitrogens with zero attached hydrogens (tertiary/aromatic N) is 2. The van der Waals surface area contributed by atoms with E-state index < -0.39 is 0 Å². The molecule has 94 valence electrons. The number of halogens is 2. The zero-order valence-corrected chi connectivity index (χ0v) is 10.9. The Bertz CT molecular complexity index is 599. The summed E-state index contributed by atoms with van der Waals surface area (Å²) in [6, 6.07) is 4.68. The zero-order chi connectivity index (χ0) is 13.3. The molecule has 2 aromatic rings. The minimum Gasteiger partial charge on any atom is -0.368 e. The fraction of sp³-hybridized carbons (Fsp3) is 0.231. The van der Waals surface area contributed by atoms with Crippen LogP contribution >= 0.6 is 11.6 Å². The van der Waals surface area contributed by atoms with E-state index in [1.54, 1.807) is 19.1 Å². The van der Waals surface area contributed by atoms with Gasteiger partial charge in [-0.3, -0.25) is 0 Å². The van der Waals surface area contributed by atoms with E-state index in [0.717, 1.165) is 5.69 Å². The van der Waals surface area contributed by atoms with Gasteiger partial charge in [0, 0.05) is 16.3 Å². The Labute approximate surface area is 110 Å². The third-order valence-corrected chi connectivity index (χ3v) is 3.09. The number of nitrogen functional groups attached to an aromatic ring is 1. The van der Waals surface area contributed by atoms with Crippen LogP contribution in [0.1, 0.15) is 18.2 Å². The van der Waals surface area contributed by atoms with Crippen LogP contribution in [-0.2, 0) is 6.42 Å². The van der Waals surface area contributed by atoms with Crippen molar-refractivity contribution >= 4 is 17.5 Å². The lowest BCUT2D eigenvalue weighted by molar-refractivity contribution is 0.629. The average Bonchev–Trinajstić information content (AvgIpc) is 2.33. The van der Waals surface area contributed by atoms with Crippen molar-refractivity contribution in [3.8, 4) is 11.3 Å². The molecule has 0 spiro atoms. The number of aromatic nitrogens is 2. The average molecular weight is 266 g/mol. The minimum atomic E-state index is -0.364. The zero-order valence-electron chi connectivity index (χ0n) is 10.2. The molecule has 18 heavy (non-hydrogen) atoms. The summed E-state index contributed by atoms with van der Waals surface area (Å²) in [6.45, 7) is 3.70. The predicted octanol–water partition coefficient (Wildman–Crippen LogP) is 3.39. The van der Waals surface area contributed by atoms with Crippen LogP contribution in [0.3, 0.4) is 0 Å². The van der Waals surface area contributed by atoms with Crippen LogP contribution in [0.15, 0.2) is 18.2 Å². The first-order valence-corrected chi connectivity index (χ1v) is 5.98. The van der Waals surface area contributed by atoms with Gasteiger partial charge in [0.1, 0.15) is 5.82 Å². The Balaban J connectivity index is 2.61. The number of benzene rings is 1. The van der Waals surface area contributed by atoms with Crippen LogP contribution in [0.2, 0.25) is 5.02 Å². The second kappa shape index (κ2) is 4.90. The molecule has 0 fully saturated rings. The van der Waals surface area contributed by atoms with Gasteiger partial charge in [0.05, 0.1) is 5.69 Å².